The van der Waals surface area contributed by atoms with Gasteiger partial charge in [0.1, 0.15) is 6.26 Å². The van der Waals surface area contributed by atoms with Crippen molar-refractivity contribution in [2.75, 3.05) is 0 Å². The molecular weight excluding hydrogens is 456 g/mol. The van der Waals surface area contributed by atoms with E-state index in [-0.39, 0.29) is 4.90 Å². The molecule has 4 aromatic rings. The van der Waals surface area contributed by atoms with Gasteiger partial charge in [0.25, 0.3) is 15.9 Å². The number of amides is 1. The molecule has 9 nitrogen and oxygen atoms in total. The molecule has 1 amide bonds. The molecule has 0 aliphatic carbocycles. The Morgan fingerprint density at radius 3 is 2.47 bits per heavy atom. The van der Waals surface area contributed by atoms with Gasteiger partial charge >= 0.3 is 6.09 Å². The molecule has 0 fully saturated rings. The number of oxazole rings is 1. The monoisotopic (exact) mass is 480 g/mol. The Balaban J connectivity index is 1.67. The summed E-state index contributed by atoms with van der Waals surface area (Å²) in [7, 11) is -4.24. The molecule has 176 valence electrons. The predicted octanol–water partition coefficient (Wildman–Crippen LogP) is 4.41. The summed E-state index contributed by atoms with van der Waals surface area (Å²) in [6.07, 6.45) is 5.67. The minimum Gasteiger partial charge on any atom is -0.464 e. The molecule has 0 radical (unpaired) electrons. The van der Waals surface area contributed by atoms with E-state index >= 15 is 0 Å². The molecule has 34 heavy (non-hydrogen) atoms. The number of rotatable bonds is 8. The highest BCUT2D eigenvalue weighted by atomic mass is 32.2. The van der Waals surface area contributed by atoms with Crippen molar-refractivity contribution >= 4 is 16.1 Å². The summed E-state index contributed by atoms with van der Waals surface area (Å²) in [6, 6.07) is 12.4. The van der Waals surface area contributed by atoms with Gasteiger partial charge in [-0.1, -0.05) is 44.2 Å². The number of carbonyl (C=O) groups is 1. The molecule has 4 rings (SSSR count). The van der Waals surface area contributed by atoms with Crippen LogP contribution in [0, 0.1) is 5.92 Å². The average Bonchev–Trinajstić information content (AvgIpc) is 3.44. The van der Waals surface area contributed by atoms with Gasteiger partial charge in [0.15, 0.2) is 5.82 Å². The molecule has 0 aliphatic heterocycles. The summed E-state index contributed by atoms with van der Waals surface area (Å²) in [4.78, 5) is 19.4. The Labute approximate surface area is 197 Å². The minimum atomic E-state index is -4.24. The lowest BCUT2D eigenvalue weighted by molar-refractivity contribution is 0.201. The lowest BCUT2D eigenvalue weighted by Crippen LogP contribution is -2.29. The van der Waals surface area contributed by atoms with Crippen molar-refractivity contribution in [1.82, 2.24) is 19.3 Å². The quantitative estimate of drug-likeness (QED) is 0.382. The smallest absolute Gasteiger partial charge is 0.418 e. The molecule has 0 bridgehead atoms. The molecular formula is C24H24N4O5S. The lowest BCUT2D eigenvalue weighted by Gasteiger charge is -2.14. The van der Waals surface area contributed by atoms with Gasteiger partial charge in [0, 0.05) is 24.5 Å². The van der Waals surface area contributed by atoms with E-state index in [1.54, 1.807) is 23.2 Å². The van der Waals surface area contributed by atoms with Crippen LogP contribution in [-0.4, -0.2) is 34.2 Å². The average molecular weight is 481 g/mol. The van der Waals surface area contributed by atoms with E-state index in [0.29, 0.717) is 35.3 Å². The van der Waals surface area contributed by atoms with E-state index in [1.807, 2.05) is 41.1 Å². The van der Waals surface area contributed by atoms with Gasteiger partial charge in [-0.25, -0.2) is 27.9 Å². The van der Waals surface area contributed by atoms with Crippen LogP contribution in [0.4, 0.5) is 4.79 Å². The first-order valence-electron chi connectivity index (χ1n) is 10.6. The van der Waals surface area contributed by atoms with Gasteiger partial charge in [0.2, 0.25) is 0 Å². The second kappa shape index (κ2) is 9.52. The Morgan fingerprint density at radius 2 is 1.82 bits per heavy atom. The summed E-state index contributed by atoms with van der Waals surface area (Å²) in [5, 5.41) is 8.99. The maximum atomic E-state index is 12.7. The SMILES string of the molecule is CC(C)Cc1ccc(S(=O)(=O)NC(=O)O)c(-c2ccc(Cn3ccnc3-c3ncco3)cc2)c1. The van der Waals surface area contributed by atoms with Crippen LogP contribution in [0.5, 0.6) is 0 Å². The molecule has 2 heterocycles. The number of nitrogens with zero attached hydrogens (tertiary/aromatic N) is 3. The van der Waals surface area contributed by atoms with Gasteiger partial charge < -0.3 is 14.1 Å². The number of carboxylic acid groups (broad SMARTS) is 1. The molecule has 0 saturated carbocycles. The summed E-state index contributed by atoms with van der Waals surface area (Å²) in [5.41, 5.74) is 3.04. The van der Waals surface area contributed by atoms with Crippen LogP contribution in [0.3, 0.4) is 0 Å². The Hall–Kier alpha value is -3.92. The van der Waals surface area contributed by atoms with Crippen LogP contribution in [0.25, 0.3) is 22.8 Å². The number of aromatic nitrogens is 3. The van der Waals surface area contributed by atoms with Crippen LogP contribution in [0.2, 0.25) is 0 Å². The molecule has 0 spiro atoms. The van der Waals surface area contributed by atoms with Crippen molar-refractivity contribution in [3.05, 3.63) is 78.4 Å². The highest BCUT2D eigenvalue weighted by Crippen LogP contribution is 2.30. The van der Waals surface area contributed by atoms with Crippen LogP contribution in [-0.2, 0) is 23.0 Å². The van der Waals surface area contributed by atoms with Gasteiger partial charge in [-0.3, -0.25) is 0 Å². The zero-order chi connectivity index (χ0) is 24.3. The van der Waals surface area contributed by atoms with Crippen molar-refractivity contribution in [3.8, 4) is 22.8 Å². The van der Waals surface area contributed by atoms with Gasteiger partial charge in [0.05, 0.1) is 11.1 Å². The molecule has 2 N–H and O–H groups in total. The molecule has 2 aromatic carbocycles. The van der Waals surface area contributed by atoms with E-state index < -0.39 is 16.1 Å². The highest BCUT2D eigenvalue weighted by Gasteiger charge is 2.22. The first-order chi connectivity index (χ1) is 16.2. The summed E-state index contributed by atoms with van der Waals surface area (Å²) in [5.74, 6) is 1.40. The standard InChI is InChI=1S/C24H24N4O5S/c1-16(2)13-18-5-8-21(34(31,32)27-24(29)30)20(14-18)19-6-3-17(4-7-19)15-28-11-9-25-22(28)23-26-10-12-33-23/h3-12,14,16,27H,13,15H2,1-2H3,(H,29,30). The molecule has 2 aromatic heterocycles. The maximum Gasteiger partial charge on any atom is 0.418 e. The zero-order valence-corrected chi connectivity index (χ0v) is 19.5. The molecule has 10 heteroatoms. The van der Waals surface area contributed by atoms with E-state index in [9.17, 15) is 13.2 Å². The number of hydrogen-bond donors (Lipinski definition) is 2. The summed E-state index contributed by atoms with van der Waals surface area (Å²) in [6.45, 7) is 4.67. The van der Waals surface area contributed by atoms with Crippen LogP contribution < -0.4 is 4.72 Å². The lowest BCUT2D eigenvalue weighted by atomic mass is 9.97. The first-order valence-corrected chi connectivity index (χ1v) is 12.1. The van der Waals surface area contributed by atoms with E-state index in [0.717, 1.165) is 17.5 Å². The number of imidazole rings is 1. The van der Waals surface area contributed by atoms with Crippen molar-refractivity contribution in [2.24, 2.45) is 5.92 Å². The fourth-order valence-corrected chi connectivity index (χ4v) is 4.81. The molecule has 0 atom stereocenters. The third kappa shape index (κ3) is 5.18. The summed E-state index contributed by atoms with van der Waals surface area (Å²) < 4.78 is 34.2. The second-order valence-corrected chi connectivity index (χ2v) is 9.90. The highest BCUT2D eigenvalue weighted by molar-refractivity contribution is 7.90. The topological polar surface area (TPSA) is 127 Å². The number of nitrogens with one attached hydrogen (secondary N) is 1. The summed E-state index contributed by atoms with van der Waals surface area (Å²) >= 11 is 0. The fourth-order valence-electron chi connectivity index (χ4n) is 3.76. The van der Waals surface area contributed by atoms with E-state index in [2.05, 4.69) is 23.8 Å². The van der Waals surface area contributed by atoms with Crippen molar-refractivity contribution < 1.29 is 22.7 Å². The van der Waals surface area contributed by atoms with E-state index in [1.165, 1.54) is 12.3 Å². The van der Waals surface area contributed by atoms with Gasteiger partial charge in [-0.15, -0.1) is 0 Å². The number of hydrogen-bond acceptors (Lipinski definition) is 6. The minimum absolute atomic E-state index is 0.0871. The second-order valence-electron chi connectivity index (χ2n) is 8.25. The Kier molecular flexibility index (Phi) is 6.51. The van der Waals surface area contributed by atoms with E-state index in [4.69, 9.17) is 9.52 Å². The normalized spacial score (nSPS) is 11.6. The third-order valence-electron chi connectivity index (χ3n) is 5.16. The maximum absolute atomic E-state index is 12.7. The fraction of sp³-hybridized carbons (Fsp3) is 0.208. The number of benzene rings is 2. The molecule has 0 aliphatic rings. The van der Waals surface area contributed by atoms with Gasteiger partial charge in [-0.05, 0) is 41.2 Å². The predicted molar refractivity (Wildman–Crippen MR) is 126 cm³/mol. The molecule has 0 unspecified atom stereocenters. The van der Waals surface area contributed by atoms with Gasteiger partial charge in [-0.2, -0.15) is 0 Å². The zero-order valence-electron chi connectivity index (χ0n) is 18.7. The molecule has 0 saturated heterocycles. The first kappa shape index (κ1) is 23.2. The van der Waals surface area contributed by atoms with Crippen LogP contribution in [0.15, 0.2) is 76.6 Å². The Bertz CT molecular complexity index is 1390. The van der Waals surface area contributed by atoms with Crippen LogP contribution in [0.1, 0.15) is 25.0 Å². The van der Waals surface area contributed by atoms with Crippen LogP contribution >= 0.6 is 0 Å². The number of sulfonamides is 1. The Morgan fingerprint density at radius 1 is 1.09 bits per heavy atom. The van der Waals surface area contributed by atoms with Crippen molar-refractivity contribution in [1.29, 1.82) is 0 Å². The van der Waals surface area contributed by atoms with Crippen molar-refractivity contribution in [3.63, 3.8) is 0 Å². The van der Waals surface area contributed by atoms with Crippen molar-refractivity contribution in [2.45, 2.75) is 31.7 Å². The largest absolute Gasteiger partial charge is 0.464 e. The third-order valence-corrected chi connectivity index (χ3v) is 6.53.